The number of hydrogen-bond donors (Lipinski definition) is 0. The third kappa shape index (κ3) is 1.56. The summed E-state index contributed by atoms with van der Waals surface area (Å²) in [7, 11) is 0. The molecule has 0 bridgehead atoms. The maximum absolute atomic E-state index is 12.5. The van der Waals surface area contributed by atoms with Crippen molar-refractivity contribution in [2.75, 3.05) is 0 Å². The molecule has 0 saturated carbocycles. The standard InChI is InChI=1S/C10H9F2N3O/c1-5-4-13-15-8(16)3-7(9(11)12)14-10(15)6(5)2/h3-4,9H,1-2H3. The smallest absolute Gasteiger partial charge is 0.267 e. The van der Waals surface area contributed by atoms with Crippen molar-refractivity contribution in [2.24, 2.45) is 0 Å². The highest BCUT2D eigenvalue weighted by Gasteiger charge is 2.13. The molecule has 0 aliphatic rings. The fraction of sp³-hybridized carbons (Fsp3) is 0.300. The van der Waals surface area contributed by atoms with Crippen LogP contribution in [0.1, 0.15) is 23.2 Å². The van der Waals surface area contributed by atoms with Crippen LogP contribution in [0.15, 0.2) is 17.1 Å². The first-order valence-electron chi connectivity index (χ1n) is 4.65. The van der Waals surface area contributed by atoms with Gasteiger partial charge in [-0.2, -0.15) is 9.61 Å². The number of halogens is 2. The van der Waals surface area contributed by atoms with E-state index in [1.165, 1.54) is 6.20 Å². The Morgan fingerprint density at radius 3 is 2.69 bits per heavy atom. The monoisotopic (exact) mass is 225 g/mol. The molecular weight excluding hydrogens is 216 g/mol. The molecule has 2 aromatic heterocycles. The normalized spacial score (nSPS) is 11.3. The Morgan fingerprint density at radius 1 is 1.38 bits per heavy atom. The van der Waals surface area contributed by atoms with Gasteiger partial charge in [-0.05, 0) is 25.0 Å². The van der Waals surface area contributed by atoms with E-state index >= 15 is 0 Å². The lowest BCUT2D eigenvalue weighted by atomic mass is 10.2. The van der Waals surface area contributed by atoms with Crippen molar-refractivity contribution in [1.82, 2.24) is 14.6 Å². The maximum Gasteiger partial charge on any atom is 0.280 e. The zero-order chi connectivity index (χ0) is 11.9. The van der Waals surface area contributed by atoms with Gasteiger partial charge in [-0.25, -0.2) is 13.8 Å². The summed E-state index contributed by atoms with van der Waals surface area (Å²) in [4.78, 5) is 15.2. The van der Waals surface area contributed by atoms with E-state index in [0.717, 1.165) is 16.1 Å². The molecule has 4 nitrogen and oxygen atoms in total. The third-order valence-corrected chi connectivity index (χ3v) is 2.43. The maximum atomic E-state index is 12.5. The molecule has 2 rings (SSSR count). The van der Waals surface area contributed by atoms with Crippen molar-refractivity contribution in [3.63, 3.8) is 0 Å². The van der Waals surface area contributed by atoms with Crippen molar-refractivity contribution in [3.8, 4) is 0 Å². The van der Waals surface area contributed by atoms with E-state index in [0.29, 0.717) is 5.56 Å². The fourth-order valence-corrected chi connectivity index (χ4v) is 1.38. The average Bonchev–Trinajstić information content (AvgIpc) is 2.23. The van der Waals surface area contributed by atoms with Crippen molar-refractivity contribution >= 4 is 5.65 Å². The van der Waals surface area contributed by atoms with Crippen molar-refractivity contribution in [2.45, 2.75) is 20.3 Å². The van der Waals surface area contributed by atoms with Crippen LogP contribution in [0.5, 0.6) is 0 Å². The van der Waals surface area contributed by atoms with Gasteiger partial charge in [0, 0.05) is 6.07 Å². The summed E-state index contributed by atoms with van der Waals surface area (Å²) in [5.41, 5.74) is 0.555. The number of rotatable bonds is 1. The molecule has 0 saturated heterocycles. The van der Waals surface area contributed by atoms with Gasteiger partial charge in [-0.1, -0.05) is 0 Å². The molecule has 0 unspecified atom stereocenters. The molecule has 0 spiro atoms. The van der Waals surface area contributed by atoms with E-state index in [2.05, 4.69) is 10.1 Å². The second-order valence-electron chi connectivity index (χ2n) is 3.51. The molecule has 2 heterocycles. The van der Waals surface area contributed by atoms with Gasteiger partial charge in [0.05, 0.1) is 6.20 Å². The summed E-state index contributed by atoms with van der Waals surface area (Å²) >= 11 is 0. The predicted octanol–water partition coefficient (Wildman–Crippen LogP) is 1.64. The van der Waals surface area contributed by atoms with Crippen molar-refractivity contribution in [1.29, 1.82) is 0 Å². The summed E-state index contributed by atoms with van der Waals surface area (Å²) in [6.07, 6.45) is -1.24. The largest absolute Gasteiger partial charge is 0.280 e. The second kappa shape index (κ2) is 3.62. The minimum absolute atomic E-state index is 0.183. The van der Waals surface area contributed by atoms with E-state index in [1.54, 1.807) is 13.8 Å². The van der Waals surface area contributed by atoms with Crippen LogP contribution >= 0.6 is 0 Å². The summed E-state index contributed by atoms with van der Waals surface area (Å²) in [6.45, 7) is 3.50. The Hall–Kier alpha value is -1.85. The highest BCUT2D eigenvalue weighted by atomic mass is 19.3. The minimum Gasteiger partial charge on any atom is -0.267 e. The van der Waals surface area contributed by atoms with Crippen LogP contribution in [0.3, 0.4) is 0 Å². The van der Waals surface area contributed by atoms with E-state index in [9.17, 15) is 13.6 Å². The molecule has 84 valence electrons. The van der Waals surface area contributed by atoms with E-state index in [4.69, 9.17) is 0 Å². The van der Waals surface area contributed by atoms with Gasteiger partial charge in [0.2, 0.25) is 0 Å². The molecule has 0 fully saturated rings. The second-order valence-corrected chi connectivity index (χ2v) is 3.51. The van der Waals surface area contributed by atoms with Gasteiger partial charge in [0.15, 0.2) is 5.65 Å². The van der Waals surface area contributed by atoms with Crippen LogP contribution < -0.4 is 5.56 Å². The first-order valence-corrected chi connectivity index (χ1v) is 4.65. The Morgan fingerprint density at radius 2 is 2.06 bits per heavy atom. The molecule has 0 aliphatic carbocycles. The Labute approximate surface area is 89.6 Å². The predicted molar refractivity (Wildman–Crippen MR) is 53.7 cm³/mol. The molecule has 0 radical (unpaired) electrons. The number of fused-ring (bicyclic) bond motifs is 1. The number of aromatic nitrogens is 3. The lowest BCUT2D eigenvalue weighted by Gasteiger charge is -2.06. The Bertz CT molecular complexity index is 607. The molecule has 16 heavy (non-hydrogen) atoms. The number of alkyl halides is 2. The number of nitrogens with zero attached hydrogens (tertiary/aromatic N) is 3. The van der Waals surface area contributed by atoms with Crippen LogP contribution in [-0.4, -0.2) is 14.6 Å². The summed E-state index contributed by atoms with van der Waals surface area (Å²) in [5.74, 6) is 0. The Balaban J connectivity index is 2.89. The summed E-state index contributed by atoms with van der Waals surface area (Å²) in [5, 5.41) is 3.84. The number of aryl methyl sites for hydroxylation is 2. The van der Waals surface area contributed by atoms with Crippen molar-refractivity contribution < 1.29 is 8.78 Å². The summed E-state index contributed by atoms with van der Waals surface area (Å²) < 4.78 is 26.0. The molecule has 0 N–H and O–H groups in total. The van der Waals surface area contributed by atoms with E-state index in [-0.39, 0.29) is 5.65 Å². The van der Waals surface area contributed by atoms with Crippen LogP contribution in [0.4, 0.5) is 8.78 Å². The van der Waals surface area contributed by atoms with Crippen molar-refractivity contribution in [3.05, 3.63) is 39.4 Å². The van der Waals surface area contributed by atoms with E-state index in [1.807, 2.05) is 0 Å². The van der Waals surface area contributed by atoms with Gasteiger partial charge in [-0.3, -0.25) is 4.79 Å². The molecule has 0 aromatic carbocycles. The summed E-state index contributed by atoms with van der Waals surface area (Å²) in [6, 6.07) is 0.805. The first kappa shape index (κ1) is 10.7. The molecule has 0 atom stereocenters. The highest BCUT2D eigenvalue weighted by molar-refractivity contribution is 5.49. The highest BCUT2D eigenvalue weighted by Crippen LogP contribution is 2.16. The lowest BCUT2D eigenvalue weighted by Crippen LogP contribution is -2.19. The molecule has 0 amide bonds. The third-order valence-electron chi connectivity index (χ3n) is 2.43. The average molecular weight is 225 g/mol. The molecule has 6 heteroatoms. The van der Waals surface area contributed by atoms with Crippen LogP contribution in [-0.2, 0) is 0 Å². The molecule has 0 aliphatic heterocycles. The van der Waals surface area contributed by atoms with Gasteiger partial charge >= 0.3 is 0 Å². The van der Waals surface area contributed by atoms with Gasteiger partial charge < -0.3 is 0 Å². The number of hydrogen-bond acceptors (Lipinski definition) is 3. The van der Waals surface area contributed by atoms with Crippen LogP contribution in [0, 0.1) is 13.8 Å². The fourth-order valence-electron chi connectivity index (χ4n) is 1.38. The van der Waals surface area contributed by atoms with E-state index < -0.39 is 17.7 Å². The quantitative estimate of drug-likeness (QED) is 0.741. The Kier molecular flexibility index (Phi) is 2.41. The molecular formula is C10H9F2N3O. The zero-order valence-electron chi connectivity index (χ0n) is 8.74. The van der Waals surface area contributed by atoms with Gasteiger partial charge in [-0.15, -0.1) is 0 Å². The van der Waals surface area contributed by atoms with Gasteiger partial charge in [0.25, 0.3) is 12.0 Å². The molecule has 2 aromatic rings. The minimum atomic E-state index is -2.75. The SMILES string of the molecule is Cc1cnn2c(=O)cc(C(F)F)nc2c1C. The topological polar surface area (TPSA) is 47.3 Å². The van der Waals surface area contributed by atoms with Crippen LogP contribution in [0.25, 0.3) is 5.65 Å². The first-order chi connectivity index (χ1) is 7.50. The zero-order valence-corrected chi connectivity index (χ0v) is 8.74. The van der Waals surface area contributed by atoms with Crippen LogP contribution in [0.2, 0.25) is 0 Å². The lowest BCUT2D eigenvalue weighted by molar-refractivity contribution is 0.146. The van der Waals surface area contributed by atoms with Gasteiger partial charge in [0.1, 0.15) is 5.69 Å².